The molecular formula is C16H24O2. The van der Waals surface area contributed by atoms with E-state index in [4.69, 9.17) is 0 Å². The predicted molar refractivity (Wildman–Crippen MR) is 75.2 cm³/mol. The summed E-state index contributed by atoms with van der Waals surface area (Å²) in [6.07, 6.45) is 2.87. The molecule has 0 saturated heterocycles. The molecule has 0 aliphatic carbocycles. The van der Waals surface area contributed by atoms with E-state index >= 15 is 0 Å². The van der Waals surface area contributed by atoms with E-state index in [0.717, 1.165) is 18.4 Å². The minimum absolute atomic E-state index is 0.00896. The van der Waals surface area contributed by atoms with E-state index < -0.39 is 0 Å². The lowest BCUT2D eigenvalue weighted by atomic mass is 9.70. The number of hydrogen-bond acceptors (Lipinski definition) is 2. The number of phenolic OH excluding ortho intramolecular Hbond substituents is 1. The van der Waals surface area contributed by atoms with Crippen molar-refractivity contribution in [3.05, 3.63) is 29.3 Å². The van der Waals surface area contributed by atoms with Crippen LogP contribution in [0, 0.1) is 5.41 Å². The first-order valence-electron chi connectivity index (χ1n) is 6.50. The molecule has 1 rings (SSSR count). The molecule has 0 radical (unpaired) electrons. The molecule has 0 saturated carbocycles. The second kappa shape index (κ2) is 5.13. The molecule has 0 aromatic heterocycles. The highest BCUT2D eigenvalue weighted by Gasteiger charge is 2.29. The number of aldehydes is 1. The highest BCUT2D eigenvalue weighted by Crippen LogP contribution is 2.39. The Morgan fingerprint density at radius 2 is 1.83 bits per heavy atom. The Hall–Kier alpha value is -1.31. The van der Waals surface area contributed by atoms with Crippen LogP contribution in [-0.2, 0) is 5.41 Å². The fraction of sp³-hybridized carbons (Fsp3) is 0.562. The normalized spacial score (nSPS) is 12.5. The average molecular weight is 248 g/mol. The van der Waals surface area contributed by atoms with Crippen LogP contribution in [0.4, 0.5) is 0 Å². The van der Waals surface area contributed by atoms with Crippen molar-refractivity contribution in [1.82, 2.24) is 0 Å². The highest BCUT2D eigenvalue weighted by molar-refractivity contribution is 5.79. The van der Waals surface area contributed by atoms with Gasteiger partial charge in [-0.2, -0.15) is 0 Å². The third-order valence-electron chi connectivity index (χ3n) is 3.81. The molecule has 100 valence electrons. The molecule has 1 aromatic carbocycles. The fourth-order valence-corrected chi connectivity index (χ4v) is 2.49. The summed E-state index contributed by atoms with van der Waals surface area (Å²) in [5.41, 5.74) is 1.73. The van der Waals surface area contributed by atoms with Gasteiger partial charge in [0.15, 0.2) is 6.29 Å². The van der Waals surface area contributed by atoms with Crippen LogP contribution in [-0.4, -0.2) is 11.4 Å². The maximum Gasteiger partial charge on any atom is 0.153 e. The van der Waals surface area contributed by atoms with Crippen LogP contribution in [0.25, 0.3) is 0 Å². The monoisotopic (exact) mass is 248 g/mol. The van der Waals surface area contributed by atoms with Gasteiger partial charge in [0, 0.05) is 0 Å². The second-order valence-corrected chi connectivity index (χ2v) is 6.47. The van der Waals surface area contributed by atoms with Crippen molar-refractivity contribution in [3.63, 3.8) is 0 Å². The maximum atomic E-state index is 10.9. The summed E-state index contributed by atoms with van der Waals surface area (Å²) in [5.74, 6) is 0.0549. The van der Waals surface area contributed by atoms with E-state index in [0.29, 0.717) is 11.8 Å². The quantitative estimate of drug-likeness (QED) is 0.788. The average Bonchev–Trinajstić information content (AvgIpc) is 2.28. The lowest BCUT2D eigenvalue weighted by molar-refractivity contribution is 0.112. The summed E-state index contributed by atoms with van der Waals surface area (Å²) >= 11 is 0. The molecule has 0 fully saturated rings. The SMILES string of the molecule is CCC(C)(C)CC(C)(C)c1ccc(O)c(C=O)c1. The number of carbonyl (C=O) groups excluding carboxylic acids is 1. The molecular weight excluding hydrogens is 224 g/mol. The zero-order valence-corrected chi connectivity index (χ0v) is 12.1. The summed E-state index contributed by atoms with van der Waals surface area (Å²) in [6.45, 7) is 11.1. The minimum Gasteiger partial charge on any atom is -0.507 e. The van der Waals surface area contributed by atoms with Gasteiger partial charge in [-0.1, -0.05) is 47.1 Å². The molecule has 2 nitrogen and oxygen atoms in total. The molecule has 0 aliphatic rings. The number of aromatic hydroxyl groups is 1. The lowest BCUT2D eigenvalue weighted by Crippen LogP contribution is -2.26. The molecule has 0 heterocycles. The Balaban J connectivity index is 3.08. The summed E-state index contributed by atoms with van der Waals surface area (Å²) in [7, 11) is 0. The molecule has 0 atom stereocenters. The number of hydrogen-bond donors (Lipinski definition) is 1. The van der Waals surface area contributed by atoms with Crippen LogP contribution in [0.15, 0.2) is 18.2 Å². The van der Waals surface area contributed by atoms with Crippen LogP contribution in [0.3, 0.4) is 0 Å². The van der Waals surface area contributed by atoms with Gasteiger partial charge >= 0.3 is 0 Å². The Labute approximate surface area is 110 Å². The smallest absolute Gasteiger partial charge is 0.153 e. The first kappa shape index (κ1) is 14.7. The van der Waals surface area contributed by atoms with E-state index in [2.05, 4.69) is 34.6 Å². The van der Waals surface area contributed by atoms with E-state index in [-0.39, 0.29) is 16.6 Å². The minimum atomic E-state index is -0.00896. The predicted octanol–water partition coefficient (Wildman–Crippen LogP) is 4.31. The number of rotatable bonds is 5. The number of benzene rings is 1. The first-order chi connectivity index (χ1) is 8.22. The van der Waals surface area contributed by atoms with Gasteiger partial charge in [0.2, 0.25) is 0 Å². The molecule has 2 heteroatoms. The van der Waals surface area contributed by atoms with Crippen molar-refractivity contribution in [3.8, 4) is 5.75 Å². The van der Waals surface area contributed by atoms with Crippen molar-refractivity contribution in [1.29, 1.82) is 0 Å². The molecule has 1 N–H and O–H groups in total. The third kappa shape index (κ3) is 3.34. The van der Waals surface area contributed by atoms with Crippen molar-refractivity contribution in [2.45, 2.75) is 52.9 Å². The molecule has 0 amide bonds. The van der Waals surface area contributed by atoms with Crippen molar-refractivity contribution < 1.29 is 9.90 Å². The molecule has 0 unspecified atom stereocenters. The molecule has 0 spiro atoms. The van der Waals surface area contributed by atoms with Gasteiger partial charge in [-0.05, 0) is 34.9 Å². The van der Waals surface area contributed by atoms with Crippen LogP contribution in [0.5, 0.6) is 5.75 Å². The summed E-state index contributed by atoms with van der Waals surface area (Å²) < 4.78 is 0. The van der Waals surface area contributed by atoms with Gasteiger partial charge in [0.25, 0.3) is 0 Å². The van der Waals surface area contributed by atoms with Crippen molar-refractivity contribution in [2.75, 3.05) is 0 Å². The molecule has 18 heavy (non-hydrogen) atoms. The molecule has 0 aliphatic heterocycles. The lowest BCUT2D eigenvalue weighted by Gasteiger charge is -2.35. The Bertz CT molecular complexity index is 431. The summed E-state index contributed by atoms with van der Waals surface area (Å²) in [6, 6.07) is 5.32. The summed E-state index contributed by atoms with van der Waals surface area (Å²) in [4.78, 5) is 10.9. The van der Waals surface area contributed by atoms with Gasteiger partial charge in [-0.3, -0.25) is 4.79 Å². The number of carbonyl (C=O) groups is 1. The van der Waals surface area contributed by atoms with Crippen LogP contribution < -0.4 is 0 Å². The van der Waals surface area contributed by atoms with Gasteiger partial charge in [0.1, 0.15) is 5.75 Å². The molecule has 0 bridgehead atoms. The summed E-state index contributed by atoms with van der Waals surface area (Å²) in [5, 5.41) is 9.55. The Morgan fingerprint density at radius 1 is 1.22 bits per heavy atom. The van der Waals surface area contributed by atoms with E-state index in [1.165, 1.54) is 0 Å². The van der Waals surface area contributed by atoms with E-state index in [1.54, 1.807) is 12.1 Å². The van der Waals surface area contributed by atoms with Crippen LogP contribution in [0.1, 0.15) is 63.4 Å². The van der Waals surface area contributed by atoms with Gasteiger partial charge in [-0.25, -0.2) is 0 Å². The number of phenols is 1. The zero-order valence-electron chi connectivity index (χ0n) is 12.1. The second-order valence-electron chi connectivity index (χ2n) is 6.47. The fourth-order valence-electron chi connectivity index (χ4n) is 2.49. The van der Waals surface area contributed by atoms with Gasteiger partial charge in [-0.15, -0.1) is 0 Å². The largest absolute Gasteiger partial charge is 0.507 e. The van der Waals surface area contributed by atoms with Crippen molar-refractivity contribution in [2.24, 2.45) is 5.41 Å². The van der Waals surface area contributed by atoms with Gasteiger partial charge < -0.3 is 5.11 Å². The van der Waals surface area contributed by atoms with Crippen LogP contribution in [0.2, 0.25) is 0 Å². The standard InChI is InChI=1S/C16H24O2/c1-6-15(2,3)11-16(4,5)13-7-8-14(18)12(9-13)10-17/h7-10,18H,6,11H2,1-5H3. The maximum absolute atomic E-state index is 10.9. The zero-order chi connectivity index (χ0) is 14.0. The molecule has 1 aromatic rings. The van der Waals surface area contributed by atoms with E-state index in [9.17, 15) is 9.90 Å². The first-order valence-corrected chi connectivity index (χ1v) is 6.50. The van der Waals surface area contributed by atoms with Crippen molar-refractivity contribution >= 4 is 6.29 Å². The van der Waals surface area contributed by atoms with E-state index in [1.807, 2.05) is 6.07 Å². The Morgan fingerprint density at radius 3 is 2.33 bits per heavy atom. The van der Waals surface area contributed by atoms with Crippen LogP contribution >= 0.6 is 0 Å². The topological polar surface area (TPSA) is 37.3 Å². The Kier molecular flexibility index (Phi) is 4.20. The third-order valence-corrected chi connectivity index (χ3v) is 3.81. The van der Waals surface area contributed by atoms with Gasteiger partial charge in [0.05, 0.1) is 5.56 Å². The highest BCUT2D eigenvalue weighted by atomic mass is 16.3.